The summed E-state index contributed by atoms with van der Waals surface area (Å²) < 4.78 is 0. The summed E-state index contributed by atoms with van der Waals surface area (Å²) in [5, 5.41) is 12.0. The highest BCUT2D eigenvalue weighted by atomic mass is 16.4. The molecular formula is C17H24N2O3. The molecule has 1 fully saturated rings. The van der Waals surface area contributed by atoms with Crippen molar-refractivity contribution in [2.75, 3.05) is 6.54 Å². The predicted octanol–water partition coefficient (Wildman–Crippen LogP) is 2.19. The van der Waals surface area contributed by atoms with E-state index in [1.807, 2.05) is 6.07 Å². The molecule has 2 N–H and O–H groups in total. The fourth-order valence-electron chi connectivity index (χ4n) is 3.12. The van der Waals surface area contributed by atoms with Gasteiger partial charge in [0.05, 0.1) is 0 Å². The lowest BCUT2D eigenvalue weighted by Crippen LogP contribution is -2.41. The van der Waals surface area contributed by atoms with Gasteiger partial charge >= 0.3 is 5.97 Å². The van der Waals surface area contributed by atoms with E-state index in [2.05, 4.69) is 24.1 Å². The first-order valence-corrected chi connectivity index (χ1v) is 7.82. The van der Waals surface area contributed by atoms with Crippen molar-refractivity contribution in [1.82, 2.24) is 10.2 Å². The number of benzene rings is 1. The van der Waals surface area contributed by atoms with Gasteiger partial charge in [-0.15, -0.1) is 0 Å². The lowest BCUT2D eigenvalue weighted by Gasteiger charge is -2.28. The van der Waals surface area contributed by atoms with Crippen molar-refractivity contribution in [2.24, 2.45) is 0 Å². The summed E-state index contributed by atoms with van der Waals surface area (Å²) in [5.41, 5.74) is 0.593. The van der Waals surface area contributed by atoms with Gasteiger partial charge in [-0.3, -0.25) is 9.69 Å². The van der Waals surface area contributed by atoms with Crippen molar-refractivity contribution in [3.63, 3.8) is 0 Å². The molecule has 0 bridgehead atoms. The van der Waals surface area contributed by atoms with Crippen LogP contribution in [-0.4, -0.2) is 40.5 Å². The highest BCUT2D eigenvalue weighted by molar-refractivity contribution is 5.84. The molecule has 1 amide bonds. The molecule has 5 nitrogen and oxygen atoms in total. The van der Waals surface area contributed by atoms with Gasteiger partial charge in [0.15, 0.2) is 6.04 Å². The molecule has 1 aromatic carbocycles. The molecule has 0 aromatic heterocycles. The van der Waals surface area contributed by atoms with Gasteiger partial charge in [0, 0.05) is 18.5 Å². The summed E-state index contributed by atoms with van der Waals surface area (Å²) in [7, 11) is 0. The van der Waals surface area contributed by atoms with Crippen LogP contribution in [0.3, 0.4) is 0 Å². The van der Waals surface area contributed by atoms with Crippen LogP contribution in [0.25, 0.3) is 0 Å². The van der Waals surface area contributed by atoms with E-state index in [9.17, 15) is 14.7 Å². The quantitative estimate of drug-likeness (QED) is 0.845. The predicted molar refractivity (Wildman–Crippen MR) is 84.4 cm³/mol. The van der Waals surface area contributed by atoms with Gasteiger partial charge in [0.1, 0.15) is 0 Å². The van der Waals surface area contributed by atoms with Crippen molar-refractivity contribution < 1.29 is 14.7 Å². The van der Waals surface area contributed by atoms with Gasteiger partial charge in [-0.1, -0.05) is 30.3 Å². The summed E-state index contributed by atoms with van der Waals surface area (Å²) in [4.78, 5) is 26.0. The normalized spacial score (nSPS) is 20.0. The van der Waals surface area contributed by atoms with Gasteiger partial charge < -0.3 is 10.4 Å². The van der Waals surface area contributed by atoms with Crippen LogP contribution in [0.2, 0.25) is 0 Å². The number of carbonyl (C=O) groups excluding carboxylic acids is 1. The molecule has 0 unspecified atom stereocenters. The van der Waals surface area contributed by atoms with E-state index in [0.717, 1.165) is 19.4 Å². The third-order valence-electron chi connectivity index (χ3n) is 4.19. The third kappa shape index (κ3) is 4.07. The van der Waals surface area contributed by atoms with Crippen LogP contribution in [-0.2, 0) is 9.59 Å². The first-order valence-electron chi connectivity index (χ1n) is 7.82. The number of hydrogen-bond donors (Lipinski definition) is 2. The van der Waals surface area contributed by atoms with Crippen LogP contribution in [0, 0.1) is 0 Å². The summed E-state index contributed by atoms with van der Waals surface area (Å²) in [6.45, 7) is 5.26. The molecule has 1 aliphatic rings. The van der Waals surface area contributed by atoms with Crippen molar-refractivity contribution in [3.05, 3.63) is 35.9 Å². The highest BCUT2D eigenvalue weighted by Gasteiger charge is 2.30. The molecule has 120 valence electrons. The Hall–Kier alpha value is -1.88. The third-order valence-corrected chi connectivity index (χ3v) is 4.19. The van der Waals surface area contributed by atoms with Gasteiger partial charge in [0.25, 0.3) is 0 Å². The smallest absolute Gasteiger partial charge is 0.330 e. The summed E-state index contributed by atoms with van der Waals surface area (Å²) in [6, 6.07) is 8.44. The van der Waals surface area contributed by atoms with E-state index < -0.39 is 12.0 Å². The number of likely N-dealkylation sites (tertiary alicyclic amines) is 1. The topological polar surface area (TPSA) is 69.6 Å². The van der Waals surface area contributed by atoms with Crippen molar-refractivity contribution in [1.29, 1.82) is 0 Å². The lowest BCUT2D eigenvalue weighted by molar-refractivity contribution is -0.142. The molecule has 2 atom stereocenters. The Kier molecular flexibility index (Phi) is 5.55. The molecule has 1 saturated heterocycles. The fourth-order valence-corrected chi connectivity index (χ4v) is 3.12. The minimum absolute atomic E-state index is 0.200. The molecule has 0 aliphatic carbocycles. The van der Waals surface area contributed by atoms with E-state index in [0.29, 0.717) is 18.0 Å². The van der Waals surface area contributed by atoms with Gasteiger partial charge in [0.2, 0.25) is 5.91 Å². The molecule has 5 heteroatoms. The SMILES string of the molecule is CC(C)N1CCC[C@H]1CC(=O)N[C@H](C(=O)O)c1ccccc1. The van der Waals surface area contributed by atoms with Crippen LogP contribution < -0.4 is 5.32 Å². The zero-order chi connectivity index (χ0) is 16.1. The highest BCUT2D eigenvalue weighted by Crippen LogP contribution is 2.23. The standard InChI is InChI=1S/C17H24N2O3/c1-12(2)19-10-6-9-14(19)11-15(20)18-16(17(21)22)13-7-4-3-5-8-13/h3-5,7-8,12,14,16H,6,9-11H2,1-2H3,(H,18,20)(H,21,22)/t14-,16-/m0/s1. The summed E-state index contributed by atoms with van der Waals surface area (Å²) >= 11 is 0. The molecular weight excluding hydrogens is 280 g/mol. The second-order valence-corrected chi connectivity index (χ2v) is 6.08. The maximum Gasteiger partial charge on any atom is 0.330 e. The van der Waals surface area contributed by atoms with Crippen LogP contribution in [0.15, 0.2) is 30.3 Å². The zero-order valence-electron chi connectivity index (χ0n) is 13.2. The van der Waals surface area contributed by atoms with Crippen LogP contribution in [0.1, 0.15) is 44.7 Å². The first-order chi connectivity index (χ1) is 10.5. The van der Waals surface area contributed by atoms with E-state index in [1.165, 1.54) is 0 Å². The summed E-state index contributed by atoms with van der Waals surface area (Å²) in [6.07, 6.45) is 2.45. The van der Waals surface area contributed by atoms with Crippen molar-refractivity contribution >= 4 is 11.9 Å². The number of aliphatic carboxylic acids is 1. The number of carboxylic acid groups (broad SMARTS) is 1. The average Bonchev–Trinajstić information content (AvgIpc) is 2.93. The van der Waals surface area contributed by atoms with E-state index in [4.69, 9.17) is 0 Å². The molecule has 22 heavy (non-hydrogen) atoms. The average molecular weight is 304 g/mol. The summed E-state index contributed by atoms with van der Waals surface area (Å²) in [5.74, 6) is -1.24. The molecule has 1 aliphatic heterocycles. The lowest BCUT2D eigenvalue weighted by atomic mass is 10.1. The minimum Gasteiger partial charge on any atom is -0.479 e. The molecule has 1 aromatic rings. The molecule has 1 heterocycles. The Labute approximate surface area is 131 Å². The van der Waals surface area contributed by atoms with Crippen LogP contribution in [0.5, 0.6) is 0 Å². The van der Waals surface area contributed by atoms with E-state index in [1.54, 1.807) is 24.3 Å². The number of nitrogens with one attached hydrogen (secondary N) is 1. The zero-order valence-corrected chi connectivity index (χ0v) is 13.2. The monoisotopic (exact) mass is 304 g/mol. The van der Waals surface area contributed by atoms with Gasteiger partial charge in [-0.25, -0.2) is 4.79 Å². The molecule has 0 radical (unpaired) electrons. The number of hydrogen-bond acceptors (Lipinski definition) is 3. The Morgan fingerprint density at radius 1 is 1.32 bits per heavy atom. The van der Waals surface area contributed by atoms with Crippen LogP contribution in [0.4, 0.5) is 0 Å². The second kappa shape index (κ2) is 7.40. The Balaban J connectivity index is 1.99. The molecule has 0 saturated carbocycles. The first kappa shape index (κ1) is 16.5. The maximum absolute atomic E-state index is 12.3. The van der Waals surface area contributed by atoms with Crippen molar-refractivity contribution in [3.8, 4) is 0 Å². The van der Waals surface area contributed by atoms with Gasteiger partial charge in [-0.2, -0.15) is 0 Å². The molecule has 0 spiro atoms. The van der Waals surface area contributed by atoms with Gasteiger partial charge in [-0.05, 0) is 38.8 Å². The van der Waals surface area contributed by atoms with E-state index >= 15 is 0 Å². The maximum atomic E-state index is 12.3. The molecule has 2 rings (SSSR count). The van der Waals surface area contributed by atoms with E-state index in [-0.39, 0.29) is 11.9 Å². The number of amides is 1. The van der Waals surface area contributed by atoms with Crippen molar-refractivity contribution in [2.45, 2.75) is 51.2 Å². The van der Waals surface area contributed by atoms with Crippen LogP contribution >= 0.6 is 0 Å². The number of nitrogens with zero attached hydrogens (tertiary/aromatic N) is 1. The Morgan fingerprint density at radius 3 is 2.59 bits per heavy atom. The number of rotatable bonds is 6. The Bertz CT molecular complexity index is 516. The number of carboxylic acids is 1. The fraction of sp³-hybridized carbons (Fsp3) is 0.529. The minimum atomic E-state index is -1.04. The second-order valence-electron chi connectivity index (χ2n) is 6.08. The number of carbonyl (C=O) groups is 2. The Morgan fingerprint density at radius 2 is 2.00 bits per heavy atom. The largest absolute Gasteiger partial charge is 0.479 e.